The predicted octanol–water partition coefficient (Wildman–Crippen LogP) is 7.69. The molecule has 0 radical (unpaired) electrons. The average molecular weight is 548 g/mol. The zero-order chi connectivity index (χ0) is 25.0. The van der Waals surface area contributed by atoms with Crippen LogP contribution in [0.25, 0.3) is 0 Å². The van der Waals surface area contributed by atoms with Gasteiger partial charge in [-0.05, 0) is 67.1 Å². The minimum atomic E-state index is -3.80. The molecule has 0 atom stereocenters. The summed E-state index contributed by atoms with van der Waals surface area (Å²) in [5.74, 6) is 0.940. The van der Waals surface area contributed by atoms with Gasteiger partial charge in [0.25, 0.3) is 0 Å². The topological polar surface area (TPSA) is 62.9 Å². The molecular formula is C26H21Cl3N2O3S. The lowest BCUT2D eigenvalue weighted by Crippen LogP contribution is -2.30. The lowest BCUT2D eigenvalue weighted by molar-refractivity contribution is 0.357. The van der Waals surface area contributed by atoms with Crippen LogP contribution in [0.3, 0.4) is 0 Å². The predicted molar refractivity (Wildman–Crippen MR) is 141 cm³/mol. The van der Waals surface area contributed by atoms with Crippen molar-refractivity contribution in [1.29, 1.82) is 0 Å². The summed E-state index contributed by atoms with van der Waals surface area (Å²) in [6.45, 7) is 2.10. The van der Waals surface area contributed by atoms with Gasteiger partial charge in [0.2, 0.25) is 10.0 Å². The monoisotopic (exact) mass is 546 g/mol. The highest BCUT2D eigenvalue weighted by molar-refractivity contribution is 7.89. The molecule has 0 aliphatic rings. The van der Waals surface area contributed by atoms with Crippen LogP contribution in [0, 0.1) is 6.92 Å². The molecule has 4 aromatic rings. The Balaban J connectivity index is 1.59. The van der Waals surface area contributed by atoms with Gasteiger partial charge in [0, 0.05) is 21.6 Å². The maximum atomic E-state index is 13.5. The molecule has 180 valence electrons. The third kappa shape index (κ3) is 6.75. The van der Waals surface area contributed by atoms with E-state index in [-0.39, 0.29) is 18.0 Å². The molecule has 0 N–H and O–H groups in total. The SMILES string of the molecule is Cc1ccc(S(=O)(=O)N(Cc2ccc(Cl)cc2)Cc2ccc(C=Nc3cc(Cl)cc(Cl)c3)o2)cc1. The second-order valence-corrected chi connectivity index (χ2v) is 11.1. The van der Waals surface area contributed by atoms with E-state index in [2.05, 4.69) is 4.99 Å². The maximum Gasteiger partial charge on any atom is 0.243 e. The molecule has 3 aromatic carbocycles. The van der Waals surface area contributed by atoms with Crippen molar-refractivity contribution in [2.75, 3.05) is 0 Å². The van der Waals surface area contributed by atoms with Crippen molar-refractivity contribution >= 4 is 56.7 Å². The summed E-state index contributed by atoms with van der Waals surface area (Å²) in [4.78, 5) is 4.55. The third-order valence-corrected chi connectivity index (χ3v) is 7.63. The molecular weight excluding hydrogens is 527 g/mol. The first kappa shape index (κ1) is 25.5. The van der Waals surface area contributed by atoms with E-state index < -0.39 is 10.0 Å². The van der Waals surface area contributed by atoms with Gasteiger partial charge in [-0.15, -0.1) is 0 Å². The Morgan fingerprint density at radius 2 is 1.49 bits per heavy atom. The van der Waals surface area contributed by atoms with E-state index in [0.29, 0.717) is 32.3 Å². The number of benzene rings is 3. The van der Waals surface area contributed by atoms with Gasteiger partial charge in [0.1, 0.15) is 11.5 Å². The second kappa shape index (κ2) is 11.0. The van der Waals surface area contributed by atoms with E-state index in [4.69, 9.17) is 39.2 Å². The van der Waals surface area contributed by atoms with E-state index in [1.54, 1.807) is 78.9 Å². The number of hydrogen-bond donors (Lipinski definition) is 0. The van der Waals surface area contributed by atoms with Crippen LogP contribution < -0.4 is 0 Å². The molecule has 35 heavy (non-hydrogen) atoms. The molecule has 4 rings (SSSR count). The van der Waals surface area contributed by atoms with Crippen LogP contribution in [0.4, 0.5) is 5.69 Å². The Labute approximate surface area is 219 Å². The zero-order valence-electron chi connectivity index (χ0n) is 18.7. The van der Waals surface area contributed by atoms with Gasteiger partial charge in [-0.25, -0.2) is 8.42 Å². The van der Waals surface area contributed by atoms with Crippen molar-refractivity contribution < 1.29 is 12.8 Å². The number of halogens is 3. The van der Waals surface area contributed by atoms with Crippen LogP contribution in [0.5, 0.6) is 0 Å². The Hall–Kier alpha value is -2.61. The number of furan rings is 1. The standard InChI is InChI=1S/C26H21Cl3N2O3S/c1-18-2-10-26(11-3-18)35(32,33)31(16-19-4-6-20(27)7-5-19)17-25-9-8-24(34-25)15-30-23-13-21(28)12-22(29)14-23/h2-15H,16-17H2,1H3. The van der Waals surface area contributed by atoms with Gasteiger partial charge in [-0.2, -0.15) is 4.31 Å². The number of hydrogen-bond acceptors (Lipinski definition) is 4. The summed E-state index contributed by atoms with van der Waals surface area (Å²) in [6, 6.07) is 22.3. The van der Waals surface area contributed by atoms with Crippen molar-refractivity contribution in [2.45, 2.75) is 24.9 Å². The van der Waals surface area contributed by atoms with Crippen molar-refractivity contribution in [3.63, 3.8) is 0 Å². The number of rotatable bonds is 8. The minimum Gasteiger partial charge on any atom is -0.459 e. The molecule has 0 bridgehead atoms. The van der Waals surface area contributed by atoms with E-state index in [0.717, 1.165) is 11.1 Å². The normalized spacial score (nSPS) is 12.0. The van der Waals surface area contributed by atoms with E-state index in [1.165, 1.54) is 10.5 Å². The fourth-order valence-corrected chi connectivity index (χ4v) is 5.39. The molecule has 0 amide bonds. The molecule has 0 unspecified atom stereocenters. The molecule has 1 heterocycles. The highest BCUT2D eigenvalue weighted by Crippen LogP contribution is 2.26. The summed E-state index contributed by atoms with van der Waals surface area (Å²) < 4.78 is 34.2. The smallest absolute Gasteiger partial charge is 0.243 e. The van der Waals surface area contributed by atoms with Crippen LogP contribution in [-0.2, 0) is 23.1 Å². The maximum absolute atomic E-state index is 13.5. The first-order valence-corrected chi connectivity index (χ1v) is 13.2. The summed E-state index contributed by atoms with van der Waals surface area (Å²) in [5, 5.41) is 1.53. The van der Waals surface area contributed by atoms with Crippen LogP contribution in [0.2, 0.25) is 15.1 Å². The average Bonchev–Trinajstić information content (AvgIpc) is 3.26. The Bertz CT molecular complexity index is 1430. The Morgan fingerprint density at radius 3 is 2.14 bits per heavy atom. The molecule has 5 nitrogen and oxygen atoms in total. The minimum absolute atomic E-state index is 0.0374. The van der Waals surface area contributed by atoms with Crippen molar-refractivity contribution in [1.82, 2.24) is 4.31 Å². The van der Waals surface area contributed by atoms with E-state index in [1.807, 2.05) is 6.92 Å². The highest BCUT2D eigenvalue weighted by Gasteiger charge is 2.26. The van der Waals surface area contributed by atoms with Gasteiger partial charge in [-0.3, -0.25) is 4.99 Å². The zero-order valence-corrected chi connectivity index (χ0v) is 21.7. The molecule has 0 fully saturated rings. The molecule has 0 aliphatic carbocycles. The van der Waals surface area contributed by atoms with Crippen molar-refractivity contribution in [2.24, 2.45) is 4.99 Å². The quantitative estimate of drug-likeness (QED) is 0.212. The van der Waals surface area contributed by atoms with Crippen LogP contribution in [0.15, 0.2) is 93.2 Å². The van der Waals surface area contributed by atoms with Crippen LogP contribution in [0.1, 0.15) is 22.6 Å². The third-order valence-electron chi connectivity index (χ3n) is 5.13. The van der Waals surface area contributed by atoms with Crippen molar-refractivity contribution in [3.8, 4) is 0 Å². The van der Waals surface area contributed by atoms with E-state index >= 15 is 0 Å². The first-order chi connectivity index (χ1) is 16.7. The lowest BCUT2D eigenvalue weighted by atomic mass is 10.2. The van der Waals surface area contributed by atoms with Gasteiger partial charge in [0.15, 0.2) is 0 Å². The highest BCUT2D eigenvalue weighted by atomic mass is 35.5. The fraction of sp³-hybridized carbons (Fsp3) is 0.115. The second-order valence-electron chi connectivity index (χ2n) is 7.90. The summed E-state index contributed by atoms with van der Waals surface area (Å²) in [7, 11) is -3.80. The molecule has 9 heteroatoms. The first-order valence-electron chi connectivity index (χ1n) is 10.6. The number of sulfonamides is 1. The van der Waals surface area contributed by atoms with Crippen molar-refractivity contribution in [3.05, 3.63) is 117 Å². The molecule has 0 spiro atoms. The number of aryl methyl sites for hydroxylation is 1. The largest absolute Gasteiger partial charge is 0.459 e. The Morgan fingerprint density at radius 1 is 0.829 bits per heavy atom. The van der Waals surface area contributed by atoms with Gasteiger partial charge in [-0.1, -0.05) is 64.6 Å². The fourth-order valence-electron chi connectivity index (χ4n) is 3.35. The molecule has 1 aromatic heterocycles. The Kier molecular flexibility index (Phi) is 7.99. The van der Waals surface area contributed by atoms with Gasteiger partial charge < -0.3 is 4.42 Å². The molecule has 0 aliphatic heterocycles. The number of aliphatic imine (C=N–C) groups is 1. The summed E-state index contributed by atoms with van der Waals surface area (Å²) in [5.41, 5.74) is 2.35. The summed E-state index contributed by atoms with van der Waals surface area (Å²) in [6.07, 6.45) is 1.53. The molecule has 0 saturated heterocycles. The van der Waals surface area contributed by atoms with Gasteiger partial charge >= 0.3 is 0 Å². The number of nitrogens with zero attached hydrogens (tertiary/aromatic N) is 2. The lowest BCUT2D eigenvalue weighted by Gasteiger charge is -2.21. The van der Waals surface area contributed by atoms with Gasteiger partial charge in [0.05, 0.1) is 23.3 Å². The molecule has 0 saturated carbocycles. The van der Waals surface area contributed by atoms with Crippen LogP contribution in [-0.4, -0.2) is 18.9 Å². The van der Waals surface area contributed by atoms with Crippen LogP contribution >= 0.6 is 34.8 Å². The summed E-state index contributed by atoms with van der Waals surface area (Å²) >= 11 is 18.0. The van der Waals surface area contributed by atoms with E-state index in [9.17, 15) is 8.42 Å².